The van der Waals surface area contributed by atoms with E-state index in [0.29, 0.717) is 12.1 Å². The van der Waals surface area contributed by atoms with Gasteiger partial charge in [-0.1, -0.05) is 10.2 Å². The fourth-order valence-corrected chi connectivity index (χ4v) is 1.43. The molecule has 0 bridgehead atoms. The number of aromatic nitrogens is 2. The van der Waals surface area contributed by atoms with Gasteiger partial charge in [-0.15, -0.1) is 0 Å². The van der Waals surface area contributed by atoms with E-state index in [1.54, 1.807) is 0 Å². The van der Waals surface area contributed by atoms with Crippen LogP contribution in [0.3, 0.4) is 0 Å². The number of anilines is 2. The first-order chi connectivity index (χ1) is 6.66. The van der Waals surface area contributed by atoms with Crippen LogP contribution in [0.4, 0.5) is 12.0 Å². The van der Waals surface area contributed by atoms with E-state index in [1.165, 1.54) is 12.8 Å². The first kappa shape index (κ1) is 9.30. The minimum absolute atomic E-state index is 0.140. The number of nitrogens with zero attached hydrogens (tertiary/aromatic N) is 3. The van der Waals surface area contributed by atoms with Crippen molar-refractivity contribution in [2.75, 3.05) is 17.2 Å². The van der Waals surface area contributed by atoms with E-state index in [-0.39, 0.29) is 6.01 Å². The van der Waals surface area contributed by atoms with E-state index in [1.807, 2.05) is 0 Å². The smallest absolute Gasteiger partial charge is 0.319 e. The van der Waals surface area contributed by atoms with Crippen molar-refractivity contribution in [2.45, 2.75) is 32.7 Å². The van der Waals surface area contributed by atoms with Crippen molar-refractivity contribution in [3.8, 4) is 0 Å². The average molecular weight is 196 g/mol. The second kappa shape index (κ2) is 3.48. The summed E-state index contributed by atoms with van der Waals surface area (Å²) in [7, 11) is 0. The Labute approximate surface area is 83.3 Å². The first-order valence-corrected chi connectivity index (χ1v) is 5.02. The van der Waals surface area contributed by atoms with Crippen LogP contribution < -0.4 is 10.6 Å². The molecule has 0 amide bonds. The van der Waals surface area contributed by atoms with Gasteiger partial charge in [0, 0.05) is 12.6 Å². The molecule has 0 spiro atoms. The third kappa shape index (κ3) is 1.97. The normalized spacial score (nSPS) is 16.2. The number of rotatable bonds is 4. The molecule has 5 nitrogen and oxygen atoms in total. The monoisotopic (exact) mass is 196 g/mol. The zero-order valence-corrected chi connectivity index (χ0v) is 8.60. The second-order valence-corrected chi connectivity index (χ2v) is 4.11. The molecule has 0 atom stereocenters. The molecule has 14 heavy (non-hydrogen) atoms. The molecule has 0 aromatic carbocycles. The first-order valence-electron chi connectivity index (χ1n) is 5.02. The van der Waals surface area contributed by atoms with Crippen LogP contribution in [0.25, 0.3) is 0 Å². The minimum Gasteiger partial charge on any atom is -0.390 e. The molecular formula is C9H16N4O. The standard InChI is InChI=1S/C9H16N4O/c1-6(2)13(5-7-3-4-7)9-12-11-8(10)14-9/h6-7H,3-5H2,1-2H3,(H2,10,11). The topological polar surface area (TPSA) is 68.2 Å². The second-order valence-electron chi connectivity index (χ2n) is 4.11. The van der Waals surface area contributed by atoms with Gasteiger partial charge in [0.15, 0.2) is 0 Å². The van der Waals surface area contributed by atoms with Gasteiger partial charge >= 0.3 is 12.0 Å². The van der Waals surface area contributed by atoms with Crippen LogP contribution in [0.15, 0.2) is 4.42 Å². The van der Waals surface area contributed by atoms with Crippen molar-refractivity contribution in [3.05, 3.63) is 0 Å². The van der Waals surface area contributed by atoms with Gasteiger partial charge in [-0.25, -0.2) is 0 Å². The molecule has 1 aliphatic carbocycles. The third-order valence-corrected chi connectivity index (χ3v) is 2.45. The van der Waals surface area contributed by atoms with Gasteiger partial charge in [0.05, 0.1) is 0 Å². The fourth-order valence-electron chi connectivity index (χ4n) is 1.43. The van der Waals surface area contributed by atoms with Gasteiger partial charge in [-0.05, 0) is 32.6 Å². The summed E-state index contributed by atoms with van der Waals surface area (Å²) in [5, 5.41) is 7.57. The highest BCUT2D eigenvalue weighted by atomic mass is 16.4. The molecular weight excluding hydrogens is 180 g/mol. The van der Waals surface area contributed by atoms with Crippen LogP contribution in [0.1, 0.15) is 26.7 Å². The Bertz CT molecular complexity index is 306. The van der Waals surface area contributed by atoms with Crippen molar-refractivity contribution in [1.82, 2.24) is 10.2 Å². The highest BCUT2D eigenvalue weighted by molar-refractivity contribution is 5.29. The third-order valence-electron chi connectivity index (χ3n) is 2.45. The predicted molar refractivity (Wildman–Crippen MR) is 53.9 cm³/mol. The molecule has 0 saturated heterocycles. The Kier molecular flexibility index (Phi) is 2.31. The molecule has 2 rings (SSSR count). The summed E-state index contributed by atoms with van der Waals surface area (Å²) >= 11 is 0. The Morgan fingerprint density at radius 3 is 2.64 bits per heavy atom. The molecule has 1 heterocycles. The van der Waals surface area contributed by atoms with E-state index >= 15 is 0 Å². The van der Waals surface area contributed by atoms with Gasteiger partial charge < -0.3 is 15.1 Å². The molecule has 0 unspecified atom stereocenters. The summed E-state index contributed by atoms with van der Waals surface area (Å²) in [6.45, 7) is 5.23. The Morgan fingerprint density at radius 1 is 1.50 bits per heavy atom. The molecule has 0 aliphatic heterocycles. The maximum absolute atomic E-state index is 5.40. The van der Waals surface area contributed by atoms with Gasteiger partial charge in [-0.2, -0.15) is 0 Å². The summed E-state index contributed by atoms with van der Waals surface area (Å²) < 4.78 is 5.22. The SMILES string of the molecule is CC(C)N(CC1CC1)c1nnc(N)o1. The largest absolute Gasteiger partial charge is 0.390 e. The summed E-state index contributed by atoms with van der Waals surface area (Å²) in [6.07, 6.45) is 2.62. The summed E-state index contributed by atoms with van der Waals surface area (Å²) in [5.41, 5.74) is 5.40. The number of nitrogen functional groups attached to an aromatic ring is 1. The zero-order chi connectivity index (χ0) is 10.1. The maximum Gasteiger partial charge on any atom is 0.319 e. The highest BCUT2D eigenvalue weighted by Crippen LogP contribution is 2.31. The van der Waals surface area contributed by atoms with E-state index in [2.05, 4.69) is 28.9 Å². The molecule has 1 aromatic heterocycles. The van der Waals surface area contributed by atoms with Crippen LogP contribution >= 0.6 is 0 Å². The van der Waals surface area contributed by atoms with Crippen LogP contribution in [-0.2, 0) is 0 Å². The maximum atomic E-state index is 5.40. The van der Waals surface area contributed by atoms with Crippen molar-refractivity contribution in [2.24, 2.45) is 5.92 Å². The molecule has 5 heteroatoms. The van der Waals surface area contributed by atoms with Crippen molar-refractivity contribution < 1.29 is 4.42 Å². The van der Waals surface area contributed by atoms with Crippen molar-refractivity contribution >= 4 is 12.0 Å². The molecule has 1 saturated carbocycles. The molecule has 1 aromatic rings. The fraction of sp³-hybridized carbons (Fsp3) is 0.778. The Balaban J connectivity index is 2.08. The van der Waals surface area contributed by atoms with Crippen molar-refractivity contribution in [3.63, 3.8) is 0 Å². The lowest BCUT2D eigenvalue weighted by molar-refractivity contribution is 0.514. The number of nitrogens with two attached hydrogens (primary N) is 1. The lowest BCUT2D eigenvalue weighted by Crippen LogP contribution is -2.33. The molecule has 78 valence electrons. The van der Waals surface area contributed by atoms with Gasteiger partial charge in [-0.3, -0.25) is 0 Å². The Hall–Kier alpha value is -1.26. The molecule has 2 N–H and O–H groups in total. The quantitative estimate of drug-likeness (QED) is 0.785. The summed E-state index contributed by atoms with van der Waals surface area (Å²) in [4.78, 5) is 2.11. The molecule has 0 radical (unpaired) electrons. The molecule has 1 fully saturated rings. The van der Waals surface area contributed by atoms with E-state index < -0.39 is 0 Å². The lowest BCUT2D eigenvalue weighted by Gasteiger charge is -2.23. The van der Waals surface area contributed by atoms with Gasteiger partial charge in [0.1, 0.15) is 0 Å². The molecule has 1 aliphatic rings. The summed E-state index contributed by atoms with van der Waals surface area (Å²) in [5.74, 6) is 0.797. The van der Waals surface area contributed by atoms with E-state index in [9.17, 15) is 0 Å². The van der Waals surface area contributed by atoms with Crippen LogP contribution in [-0.4, -0.2) is 22.8 Å². The number of hydrogen-bond acceptors (Lipinski definition) is 5. The number of hydrogen-bond donors (Lipinski definition) is 1. The van der Waals surface area contributed by atoms with Crippen molar-refractivity contribution in [1.29, 1.82) is 0 Å². The zero-order valence-electron chi connectivity index (χ0n) is 8.60. The Morgan fingerprint density at radius 2 is 2.21 bits per heavy atom. The predicted octanol–water partition coefficient (Wildman–Crippen LogP) is 1.28. The van der Waals surface area contributed by atoms with Gasteiger partial charge in [0.2, 0.25) is 0 Å². The van der Waals surface area contributed by atoms with Crippen LogP contribution in [0, 0.1) is 5.92 Å². The highest BCUT2D eigenvalue weighted by Gasteiger charge is 2.27. The lowest BCUT2D eigenvalue weighted by atomic mass is 10.3. The van der Waals surface area contributed by atoms with Gasteiger partial charge in [0.25, 0.3) is 0 Å². The minimum atomic E-state index is 0.140. The van der Waals surface area contributed by atoms with Crippen LogP contribution in [0.2, 0.25) is 0 Å². The summed E-state index contributed by atoms with van der Waals surface area (Å²) in [6, 6.07) is 1.06. The van der Waals surface area contributed by atoms with E-state index in [0.717, 1.165) is 12.5 Å². The average Bonchev–Trinajstić information content (AvgIpc) is 2.84. The van der Waals surface area contributed by atoms with E-state index in [4.69, 9.17) is 10.2 Å². The van der Waals surface area contributed by atoms with Crippen LogP contribution in [0.5, 0.6) is 0 Å².